The van der Waals surface area contributed by atoms with Gasteiger partial charge in [0.2, 0.25) is 11.8 Å². The molecule has 2 N–H and O–H groups in total. The number of hydrogen-bond donors (Lipinski definition) is 2. The van der Waals surface area contributed by atoms with Crippen molar-refractivity contribution in [1.82, 2.24) is 15.5 Å². The Morgan fingerprint density at radius 2 is 1.94 bits per heavy atom. The van der Waals surface area contributed by atoms with Gasteiger partial charge >= 0.3 is 0 Å². The molecule has 1 aliphatic heterocycles. The SMILES string of the molecule is CNC(=O)[C@@H](NC(=O)[C@H]1CCCCN1C)C(C)C. The normalized spacial score (nSPS) is 22.6. The summed E-state index contributed by atoms with van der Waals surface area (Å²) in [6, 6.07) is -0.539. The van der Waals surface area contributed by atoms with Gasteiger partial charge in [0, 0.05) is 7.05 Å². The van der Waals surface area contributed by atoms with Gasteiger partial charge < -0.3 is 10.6 Å². The van der Waals surface area contributed by atoms with Crippen LogP contribution in [-0.4, -0.2) is 49.4 Å². The van der Waals surface area contributed by atoms with E-state index in [-0.39, 0.29) is 23.8 Å². The number of hydrogen-bond acceptors (Lipinski definition) is 3. The maximum absolute atomic E-state index is 12.2. The zero-order valence-electron chi connectivity index (χ0n) is 11.8. The van der Waals surface area contributed by atoms with E-state index in [0.29, 0.717) is 0 Å². The smallest absolute Gasteiger partial charge is 0.242 e. The molecule has 5 heteroatoms. The number of likely N-dealkylation sites (N-methyl/N-ethyl adjacent to an activating group) is 2. The Kier molecular flexibility index (Phi) is 5.59. The number of likely N-dealkylation sites (tertiary alicyclic amines) is 1. The van der Waals surface area contributed by atoms with Crippen molar-refractivity contribution < 1.29 is 9.59 Å². The number of carbonyl (C=O) groups excluding carboxylic acids is 2. The maximum Gasteiger partial charge on any atom is 0.242 e. The van der Waals surface area contributed by atoms with Gasteiger partial charge in [0.05, 0.1) is 6.04 Å². The Bertz CT molecular complexity index is 305. The lowest BCUT2D eigenvalue weighted by molar-refractivity contribution is -0.133. The summed E-state index contributed by atoms with van der Waals surface area (Å²) in [4.78, 5) is 26.0. The van der Waals surface area contributed by atoms with Crippen LogP contribution >= 0.6 is 0 Å². The lowest BCUT2D eigenvalue weighted by atomic mass is 9.99. The van der Waals surface area contributed by atoms with Crippen LogP contribution in [0.2, 0.25) is 0 Å². The van der Waals surface area contributed by atoms with Crippen LogP contribution in [0, 0.1) is 5.92 Å². The molecule has 0 aromatic rings. The Morgan fingerprint density at radius 1 is 1.28 bits per heavy atom. The third kappa shape index (κ3) is 3.70. The molecular weight excluding hydrogens is 230 g/mol. The minimum Gasteiger partial charge on any atom is -0.357 e. The van der Waals surface area contributed by atoms with Crippen LogP contribution in [0.5, 0.6) is 0 Å². The van der Waals surface area contributed by atoms with Crippen LogP contribution in [0.15, 0.2) is 0 Å². The molecule has 0 saturated carbocycles. The summed E-state index contributed by atoms with van der Waals surface area (Å²) < 4.78 is 0. The third-order valence-electron chi connectivity index (χ3n) is 3.57. The molecule has 0 spiro atoms. The van der Waals surface area contributed by atoms with Gasteiger partial charge in [-0.05, 0) is 32.4 Å². The highest BCUT2D eigenvalue weighted by molar-refractivity contribution is 5.89. The van der Waals surface area contributed by atoms with Crippen LogP contribution in [0.25, 0.3) is 0 Å². The Hall–Kier alpha value is -1.10. The van der Waals surface area contributed by atoms with Crippen molar-refractivity contribution in [2.24, 2.45) is 5.92 Å². The summed E-state index contributed by atoms with van der Waals surface area (Å²) in [5.74, 6) is -0.0703. The van der Waals surface area contributed by atoms with Gasteiger partial charge in [0.15, 0.2) is 0 Å². The van der Waals surface area contributed by atoms with Gasteiger partial charge in [0.25, 0.3) is 0 Å². The van der Waals surface area contributed by atoms with E-state index >= 15 is 0 Å². The lowest BCUT2D eigenvalue weighted by Gasteiger charge is -2.33. The predicted molar refractivity (Wildman–Crippen MR) is 71.1 cm³/mol. The van der Waals surface area contributed by atoms with E-state index in [9.17, 15) is 9.59 Å². The molecule has 0 radical (unpaired) electrons. The number of rotatable bonds is 4. The summed E-state index contributed by atoms with van der Waals surface area (Å²) in [6.45, 7) is 4.82. The second-order valence-corrected chi connectivity index (χ2v) is 5.34. The molecule has 1 saturated heterocycles. The number of piperidine rings is 1. The van der Waals surface area contributed by atoms with Crippen molar-refractivity contribution in [3.63, 3.8) is 0 Å². The molecule has 2 atom stereocenters. The fourth-order valence-electron chi connectivity index (χ4n) is 2.35. The first kappa shape index (κ1) is 15.0. The number of carbonyl (C=O) groups is 2. The molecule has 0 aromatic heterocycles. The highest BCUT2D eigenvalue weighted by atomic mass is 16.2. The first-order chi connectivity index (χ1) is 8.47. The molecule has 0 aliphatic carbocycles. The molecule has 0 unspecified atom stereocenters. The monoisotopic (exact) mass is 255 g/mol. The van der Waals surface area contributed by atoms with Crippen LogP contribution in [0.4, 0.5) is 0 Å². The second kappa shape index (κ2) is 6.73. The molecule has 1 aliphatic rings. The zero-order valence-corrected chi connectivity index (χ0v) is 11.8. The van der Waals surface area contributed by atoms with Gasteiger partial charge in [-0.3, -0.25) is 14.5 Å². The number of nitrogens with zero attached hydrogens (tertiary/aromatic N) is 1. The van der Waals surface area contributed by atoms with Crippen molar-refractivity contribution in [2.45, 2.75) is 45.2 Å². The molecule has 0 aromatic carbocycles. The maximum atomic E-state index is 12.2. The second-order valence-electron chi connectivity index (χ2n) is 5.34. The minimum absolute atomic E-state index is 0.0282. The Labute approximate surface area is 109 Å². The molecule has 5 nitrogen and oxygen atoms in total. The van der Waals surface area contributed by atoms with Gasteiger partial charge in [-0.25, -0.2) is 0 Å². The van der Waals surface area contributed by atoms with Gasteiger partial charge in [-0.2, -0.15) is 0 Å². The third-order valence-corrected chi connectivity index (χ3v) is 3.57. The molecule has 18 heavy (non-hydrogen) atoms. The van der Waals surface area contributed by atoms with E-state index in [0.717, 1.165) is 25.8 Å². The highest BCUT2D eigenvalue weighted by Gasteiger charge is 2.30. The van der Waals surface area contributed by atoms with Crippen molar-refractivity contribution >= 4 is 11.8 Å². The highest BCUT2D eigenvalue weighted by Crippen LogP contribution is 2.15. The van der Waals surface area contributed by atoms with Crippen molar-refractivity contribution in [2.75, 3.05) is 20.6 Å². The van der Waals surface area contributed by atoms with E-state index in [4.69, 9.17) is 0 Å². The zero-order chi connectivity index (χ0) is 13.7. The van der Waals surface area contributed by atoms with E-state index in [2.05, 4.69) is 15.5 Å². The molecule has 1 rings (SSSR count). The topological polar surface area (TPSA) is 61.4 Å². The Balaban J connectivity index is 2.63. The van der Waals surface area contributed by atoms with Gasteiger partial charge in [0.1, 0.15) is 6.04 Å². The van der Waals surface area contributed by atoms with Crippen LogP contribution in [-0.2, 0) is 9.59 Å². The van der Waals surface area contributed by atoms with Gasteiger partial charge in [-0.15, -0.1) is 0 Å². The average Bonchev–Trinajstić information content (AvgIpc) is 2.35. The standard InChI is InChI=1S/C13H25N3O2/c1-9(2)11(13(18)14-3)15-12(17)10-7-5-6-8-16(10)4/h9-11H,5-8H2,1-4H3,(H,14,18)(H,15,17)/t10-,11+/m1/s1. The van der Waals surface area contributed by atoms with E-state index in [1.165, 1.54) is 0 Å². The van der Waals surface area contributed by atoms with Crippen molar-refractivity contribution in [3.8, 4) is 0 Å². The lowest BCUT2D eigenvalue weighted by Crippen LogP contribution is -2.55. The van der Waals surface area contributed by atoms with Crippen LogP contribution in [0.1, 0.15) is 33.1 Å². The molecule has 1 heterocycles. The molecule has 2 amide bonds. The van der Waals surface area contributed by atoms with Crippen LogP contribution < -0.4 is 10.6 Å². The molecular formula is C13H25N3O2. The first-order valence-electron chi connectivity index (χ1n) is 6.69. The summed E-state index contributed by atoms with van der Waals surface area (Å²) in [6.07, 6.45) is 3.10. The quantitative estimate of drug-likeness (QED) is 0.762. The number of amides is 2. The molecule has 0 bridgehead atoms. The Morgan fingerprint density at radius 3 is 2.44 bits per heavy atom. The molecule has 1 fully saturated rings. The predicted octanol–water partition coefficient (Wildman–Crippen LogP) is 0.358. The fraction of sp³-hybridized carbons (Fsp3) is 0.846. The van der Waals surface area contributed by atoms with Crippen LogP contribution in [0.3, 0.4) is 0 Å². The largest absolute Gasteiger partial charge is 0.357 e. The fourth-order valence-corrected chi connectivity index (χ4v) is 2.35. The van der Waals surface area contributed by atoms with E-state index in [1.54, 1.807) is 7.05 Å². The summed E-state index contributed by atoms with van der Waals surface area (Å²) >= 11 is 0. The number of nitrogens with one attached hydrogen (secondary N) is 2. The molecule has 104 valence electrons. The summed E-state index contributed by atoms with van der Waals surface area (Å²) in [5, 5.41) is 5.47. The minimum atomic E-state index is -0.446. The van der Waals surface area contributed by atoms with Gasteiger partial charge in [-0.1, -0.05) is 20.3 Å². The average molecular weight is 255 g/mol. The summed E-state index contributed by atoms with van der Waals surface area (Å²) in [5.41, 5.74) is 0. The summed E-state index contributed by atoms with van der Waals surface area (Å²) in [7, 11) is 3.56. The van der Waals surface area contributed by atoms with E-state index < -0.39 is 6.04 Å². The van der Waals surface area contributed by atoms with Crippen molar-refractivity contribution in [1.29, 1.82) is 0 Å². The van der Waals surface area contributed by atoms with E-state index in [1.807, 2.05) is 20.9 Å². The first-order valence-corrected chi connectivity index (χ1v) is 6.69. The van der Waals surface area contributed by atoms with Crippen molar-refractivity contribution in [3.05, 3.63) is 0 Å².